The van der Waals surface area contributed by atoms with Gasteiger partial charge < -0.3 is 4.74 Å². The highest BCUT2D eigenvalue weighted by molar-refractivity contribution is 7.09. The Bertz CT molecular complexity index is 405. The molecule has 0 bridgehead atoms. The molecule has 0 saturated carbocycles. The second-order valence-electron chi connectivity index (χ2n) is 2.55. The minimum absolute atomic E-state index is 0.341. The number of hydrogen-bond acceptors (Lipinski definition) is 4. The SMILES string of the molecule is Clc1cncc(OCc2cccs2)n1. The lowest BCUT2D eigenvalue weighted by Gasteiger charge is -2.02. The van der Waals surface area contributed by atoms with Crippen LogP contribution < -0.4 is 4.74 Å². The number of thiophene rings is 1. The Morgan fingerprint density at radius 1 is 1.43 bits per heavy atom. The van der Waals surface area contributed by atoms with Crippen LogP contribution in [-0.2, 0) is 6.61 Å². The van der Waals surface area contributed by atoms with E-state index in [1.54, 1.807) is 17.5 Å². The Morgan fingerprint density at radius 3 is 3.07 bits per heavy atom. The molecule has 2 heterocycles. The van der Waals surface area contributed by atoms with Crippen LogP contribution in [0.4, 0.5) is 0 Å². The van der Waals surface area contributed by atoms with Gasteiger partial charge in [-0.15, -0.1) is 11.3 Å². The van der Waals surface area contributed by atoms with Crippen LogP contribution in [0, 0.1) is 0 Å². The molecule has 0 N–H and O–H groups in total. The Balaban J connectivity index is 1.98. The molecule has 0 unspecified atom stereocenters. The molecule has 0 radical (unpaired) electrons. The van der Waals surface area contributed by atoms with Gasteiger partial charge >= 0.3 is 0 Å². The summed E-state index contributed by atoms with van der Waals surface area (Å²) in [6.07, 6.45) is 3.01. The van der Waals surface area contributed by atoms with Crippen molar-refractivity contribution >= 4 is 22.9 Å². The molecule has 0 aliphatic rings. The normalized spacial score (nSPS) is 10.1. The van der Waals surface area contributed by atoms with Crippen molar-refractivity contribution in [3.63, 3.8) is 0 Å². The smallest absolute Gasteiger partial charge is 0.234 e. The molecular formula is C9H7ClN2OS. The van der Waals surface area contributed by atoms with Crippen LogP contribution in [0.15, 0.2) is 29.9 Å². The lowest BCUT2D eigenvalue weighted by molar-refractivity contribution is 0.296. The summed E-state index contributed by atoms with van der Waals surface area (Å²) < 4.78 is 5.38. The number of hydrogen-bond donors (Lipinski definition) is 0. The van der Waals surface area contributed by atoms with Gasteiger partial charge in [0.25, 0.3) is 0 Å². The van der Waals surface area contributed by atoms with Crippen LogP contribution in [0.5, 0.6) is 5.88 Å². The third-order valence-corrected chi connectivity index (χ3v) is 2.56. The molecule has 0 amide bonds. The van der Waals surface area contributed by atoms with Crippen molar-refractivity contribution in [3.05, 3.63) is 39.9 Å². The summed E-state index contributed by atoms with van der Waals surface area (Å²) in [6.45, 7) is 0.507. The molecule has 0 atom stereocenters. The molecule has 3 nitrogen and oxygen atoms in total. The Morgan fingerprint density at radius 2 is 2.36 bits per heavy atom. The van der Waals surface area contributed by atoms with Crippen molar-refractivity contribution in [2.75, 3.05) is 0 Å². The van der Waals surface area contributed by atoms with E-state index >= 15 is 0 Å². The van der Waals surface area contributed by atoms with Gasteiger partial charge in [-0.3, -0.25) is 4.98 Å². The summed E-state index contributed by atoms with van der Waals surface area (Å²) in [6, 6.07) is 3.98. The summed E-state index contributed by atoms with van der Waals surface area (Å²) in [5.74, 6) is 0.450. The maximum Gasteiger partial charge on any atom is 0.234 e. The van der Waals surface area contributed by atoms with Gasteiger partial charge in [0.1, 0.15) is 6.61 Å². The van der Waals surface area contributed by atoms with E-state index in [0.717, 1.165) is 4.88 Å². The topological polar surface area (TPSA) is 35.0 Å². The highest BCUT2D eigenvalue weighted by Crippen LogP contribution is 2.14. The fourth-order valence-corrected chi connectivity index (χ4v) is 1.69. The predicted octanol–water partition coefficient (Wildman–Crippen LogP) is 2.77. The first-order chi connectivity index (χ1) is 6.84. The summed E-state index contributed by atoms with van der Waals surface area (Å²) in [5.41, 5.74) is 0. The molecule has 0 aliphatic heterocycles. The monoisotopic (exact) mass is 226 g/mol. The van der Waals surface area contributed by atoms with Gasteiger partial charge in [0.05, 0.1) is 12.4 Å². The number of aromatic nitrogens is 2. The zero-order chi connectivity index (χ0) is 9.80. The zero-order valence-corrected chi connectivity index (χ0v) is 8.76. The third-order valence-electron chi connectivity index (χ3n) is 1.53. The molecule has 0 aliphatic carbocycles. The van der Waals surface area contributed by atoms with E-state index in [1.165, 1.54) is 6.20 Å². The van der Waals surface area contributed by atoms with E-state index in [9.17, 15) is 0 Å². The van der Waals surface area contributed by atoms with Crippen LogP contribution in [0.3, 0.4) is 0 Å². The lowest BCUT2D eigenvalue weighted by Crippen LogP contribution is -1.95. The number of rotatable bonds is 3. The highest BCUT2D eigenvalue weighted by atomic mass is 35.5. The summed E-state index contributed by atoms with van der Waals surface area (Å²) >= 11 is 7.29. The van der Waals surface area contributed by atoms with E-state index in [-0.39, 0.29) is 0 Å². The first kappa shape index (κ1) is 9.43. The van der Waals surface area contributed by atoms with Gasteiger partial charge in [0, 0.05) is 4.88 Å². The van der Waals surface area contributed by atoms with E-state index < -0.39 is 0 Å². The van der Waals surface area contributed by atoms with E-state index in [1.807, 2.05) is 17.5 Å². The van der Waals surface area contributed by atoms with Crippen molar-refractivity contribution < 1.29 is 4.74 Å². The second kappa shape index (κ2) is 4.39. The molecule has 0 spiro atoms. The van der Waals surface area contributed by atoms with E-state index in [0.29, 0.717) is 17.6 Å². The van der Waals surface area contributed by atoms with Crippen LogP contribution >= 0.6 is 22.9 Å². The van der Waals surface area contributed by atoms with Crippen molar-refractivity contribution in [1.82, 2.24) is 9.97 Å². The van der Waals surface area contributed by atoms with Gasteiger partial charge in [-0.05, 0) is 11.4 Å². The van der Waals surface area contributed by atoms with Gasteiger partial charge in [-0.1, -0.05) is 17.7 Å². The zero-order valence-electron chi connectivity index (χ0n) is 7.18. The Labute approximate surface area is 90.3 Å². The molecule has 0 aromatic carbocycles. The average Bonchev–Trinajstić information content (AvgIpc) is 2.67. The van der Waals surface area contributed by atoms with Crippen molar-refractivity contribution in [1.29, 1.82) is 0 Å². The molecule has 14 heavy (non-hydrogen) atoms. The van der Waals surface area contributed by atoms with E-state index in [2.05, 4.69) is 9.97 Å². The molecule has 0 saturated heterocycles. The quantitative estimate of drug-likeness (QED) is 0.807. The fraction of sp³-hybridized carbons (Fsp3) is 0.111. The summed E-state index contributed by atoms with van der Waals surface area (Å²) in [5, 5.41) is 2.34. The number of ether oxygens (including phenoxy) is 1. The fourth-order valence-electron chi connectivity index (χ4n) is 0.935. The van der Waals surface area contributed by atoms with Crippen LogP contribution in [0.2, 0.25) is 5.15 Å². The summed E-state index contributed by atoms with van der Waals surface area (Å²) in [4.78, 5) is 8.97. The maximum absolute atomic E-state index is 5.65. The Hall–Kier alpha value is -1.13. The summed E-state index contributed by atoms with van der Waals surface area (Å²) in [7, 11) is 0. The number of halogens is 1. The van der Waals surface area contributed by atoms with E-state index in [4.69, 9.17) is 16.3 Å². The van der Waals surface area contributed by atoms with Crippen molar-refractivity contribution in [3.8, 4) is 5.88 Å². The molecule has 0 fully saturated rings. The highest BCUT2D eigenvalue weighted by Gasteiger charge is 1.98. The van der Waals surface area contributed by atoms with Gasteiger partial charge in [0.15, 0.2) is 5.15 Å². The van der Waals surface area contributed by atoms with Gasteiger partial charge in [-0.2, -0.15) is 4.98 Å². The standard InChI is InChI=1S/C9H7ClN2OS/c10-8-4-11-5-9(12-8)13-6-7-2-1-3-14-7/h1-5H,6H2. The third kappa shape index (κ3) is 2.43. The molecule has 72 valence electrons. The van der Waals surface area contributed by atoms with Gasteiger partial charge in [-0.25, -0.2) is 0 Å². The molecule has 5 heteroatoms. The first-order valence-corrected chi connectivity index (χ1v) is 5.23. The molecule has 2 rings (SSSR count). The molecule has 2 aromatic heterocycles. The molecule has 2 aromatic rings. The molecular weight excluding hydrogens is 220 g/mol. The van der Waals surface area contributed by atoms with Crippen LogP contribution in [-0.4, -0.2) is 9.97 Å². The number of nitrogens with zero attached hydrogens (tertiary/aromatic N) is 2. The van der Waals surface area contributed by atoms with Crippen molar-refractivity contribution in [2.45, 2.75) is 6.61 Å². The lowest BCUT2D eigenvalue weighted by atomic mass is 10.5. The predicted molar refractivity (Wildman–Crippen MR) is 55.7 cm³/mol. The van der Waals surface area contributed by atoms with Crippen LogP contribution in [0.25, 0.3) is 0 Å². The van der Waals surface area contributed by atoms with Crippen molar-refractivity contribution in [2.24, 2.45) is 0 Å². The minimum atomic E-state index is 0.341. The average molecular weight is 227 g/mol. The first-order valence-electron chi connectivity index (χ1n) is 3.97. The van der Waals surface area contributed by atoms with Crippen LogP contribution in [0.1, 0.15) is 4.88 Å². The van der Waals surface area contributed by atoms with Gasteiger partial charge in [0.2, 0.25) is 5.88 Å². The maximum atomic E-state index is 5.65. The minimum Gasteiger partial charge on any atom is -0.471 e. The largest absolute Gasteiger partial charge is 0.471 e. The Kier molecular flexibility index (Phi) is 2.96. The second-order valence-corrected chi connectivity index (χ2v) is 3.97.